The van der Waals surface area contributed by atoms with Crippen molar-refractivity contribution >= 4 is 27.3 Å². The molecule has 1 aromatic carbocycles. The van der Waals surface area contributed by atoms with Crippen molar-refractivity contribution in [1.82, 2.24) is 10.6 Å². The van der Waals surface area contributed by atoms with E-state index in [1.54, 1.807) is 11.3 Å². The summed E-state index contributed by atoms with van der Waals surface area (Å²) in [6, 6.07) is 8.08. The summed E-state index contributed by atoms with van der Waals surface area (Å²) in [6.45, 7) is 3.01. The van der Waals surface area contributed by atoms with E-state index in [2.05, 4.69) is 16.7 Å². The van der Waals surface area contributed by atoms with E-state index in [0.29, 0.717) is 5.92 Å². The number of fused-ring (bicyclic) bond motifs is 1. The molecule has 2 heterocycles. The fourth-order valence-corrected chi connectivity index (χ4v) is 3.75. The summed E-state index contributed by atoms with van der Waals surface area (Å²) in [4.78, 5) is 12.2. The highest BCUT2D eigenvalue weighted by molar-refractivity contribution is 7.17. The molecule has 1 amide bonds. The summed E-state index contributed by atoms with van der Waals surface area (Å²) >= 11 is 1.63. The maximum Gasteiger partial charge on any atom is 0.252 e. The molecule has 4 heteroatoms. The van der Waals surface area contributed by atoms with Gasteiger partial charge in [-0.25, -0.2) is 0 Å². The number of amides is 1. The molecule has 2 N–H and O–H groups in total. The van der Waals surface area contributed by atoms with Gasteiger partial charge in [0.2, 0.25) is 0 Å². The van der Waals surface area contributed by atoms with Crippen molar-refractivity contribution in [1.29, 1.82) is 0 Å². The van der Waals surface area contributed by atoms with Crippen LogP contribution < -0.4 is 10.6 Å². The van der Waals surface area contributed by atoms with Crippen molar-refractivity contribution in [2.75, 3.05) is 19.6 Å². The Bertz CT molecular complexity index is 587. The van der Waals surface area contributed by atoms with Crippen molar-refractivity contribution in [3.05, 3.63) is 35.2 Å². The number of rotatable bonds is 4. The number of piperidine rings is 1. The van der Waals surface area contributed by atoms with Crippen LogP contribution in [0, 0.1) is 5.92 Å². The van der Waals surface area contributed by atoms with Crippen LogP contribution in [0.5, 0.6) is 0 Å². The predicted molar refractivity (Wildman–Crippen MR) is 84.4 cm³/mol. The molecule has 2 aromatic rings. The molecular formula is C16H20N2OS. The lowest BCUT2D eigenvalue weighted by molar-refractivity contribution is 0.0952. The second-order valence-electron chi connectivity index (χ2n) is 5.40. The van der Waals surface area contributed by atoms with E-state index in [1.807, 2.05) is 23.6 Å². The Balaban J connectivity index is 1.56. The minimum atomic E-state index is 0.0613. The summed E-state index contributed by atoms with van der Waals surface area (Å²) in [5, 5.41) is 9.50. The lowest BCUT2D eigenvalue weighted by Crippen LogP contribution is -2.33. The molecule has 1 fully saturated rings. The molecule has 0 spiro atoms. The van der Waals surface area contributed by atoms with Crippen molar-refractivity contribution in [2.45, 2.75) is 19.3 Å². The molecule has 1 atom stereocenters. The van der Waals surface area contributed by atoms with Gasteiger partial charge in [0.05, 0.1) is 5.56 Å². The number of benzene rings is 1. The van der Waals surface area contributed by atoms with E-state index in [1.165, 1.54) is 17.5 Å². The number of nitrogens with one attached hydrogen (secondary N) is 2. The second-order valence-corrected chi connectivity index (χ2v) is 6.31. The van der Waals surface area contributed by atoms with Gasteiger partial charge in [-0.15, -0.1) is 11.3 Å². The van der Waals surface area contributed by atoms with Gasteiger partial charge in [0.15, 0.2) is 0 Å². The Kier molecular flexibility index (Phi) is 4.33. The molecule has 1 aromatic heterocycles. The molecule has 1 saturated heterocycles. The first-order chi connectivity index (χ1) is 9.84. The Morgan fingerprint density at radius 3 is 3.15 bits per heavy atom. The van der Waals surface area contributed by atoms with E-state index in [9.17, 15) is 4.79 Å². The van der Waals surface area contributed by atoms with Crippen molar-refractivity contribution in [2.24, 2.45) is 5.92 Å². The minimum absolute atomic E-state index is 0.0613. The zero-order valence-electron chi connectivity index (χ0n) is 11.5. The third kappa shape index (κ3) is 3.02. The Morgan fingerprint density at radius 2 is 2.30 bits per heavy atom. The molecule has 0 bridgehead atoms. The van der Waals surface area contributed by atoms with Crippen LogP contribution in [-0.4, -0.2) is 25.5 Å². The highest BCUT2D eigenvalue weighted by atomic mass is 32.1. The fourth-order valence-electron chi connectivity index (χ4n) is 2.81. The maximum absolute atomic E-state index is 12.2. The second kappa shape index (κ2) is 6.37. The number of thiophene rings is 1. The van der Waals surface area contributed by atoms with Gasteiger partial charge in [-0.05, 0) is 44.3 Å². The van der Waals surface area contributed by atoms with E-state index in [-0.39, 0.29) is 5.91 Å². The zero-order valence-corrected chi connectivity index (χ0v) is 12.3. The van der Waals surface area contributed by atoms with Crippen molar-refractivity contribution in [3.63, 3.8) is 0 Å². The van der Waals surface area contributed by atoms with Crippen LogP contribution >= 0.6 is 11.3 Å². The third-order valence-corrected chi connectivity index (χ3v) is 4.93. The molecule has 0 radical (unpaired) electrons. The average Bonchev–Trinajstić information content (AvgIpc) is 2.92. The monoisotopic (exact) mass is 288 g/mol. The van der Waals surface area contributed by atoms with Crippen LogP contribution in [0.15, 0.2) is 29.6 Å². The minimum Gasteiger partial charge on any atom is -0.352 e. The summed E-state index contributed by atoms with van der Waals surface area (Å²) in [5.41, 5.74) is 0.812. The maximum atomic E-state index is 12.2. The van der Waals surface area contributed by atoms with Gasteiger partial charge in [-0.2, -0.15) is 0 Å². The highest BCUT2D eigenvalue weighted by Gasteiger charge is 2.14. The molecule has 3 rings (SSSR count). The molecule has 0 aliphatic carbocycles. The van der Waals surface area contributed by atoms with Gasteiger partial charge in [0.1, 0.15) is 0 Å². The van der Waals surface area contributed by atoms with Gasteiger partial charge in [-0.3, -0.25) is 4.79 Å². The normalized spacial score (nSPS) is 19.1. The first-order valence-corrected chi connectivity index (χ1v) is 8.18. The van der Waals surface area contributed by atoms with Crippen LogP contribution in [0.1, 0.15) is 29.6 Å². The van der Waals surface area contributed by atoms with Gasteiger partial charge in [-0.1, -0.05) is 18.2 Å². The molecule has 1 aliphatic rings. The molecule has 20 heavy (non-hydrogen) atoms. The number of carbonyl (C=O) groups excluding carboxylic acids is 1. The van der Waals surface area contributed by atoms with Crippen molar-refractivity contribution < 1.29 is 4.79 Å². The van der Waals surface area contributed by atoms with Crippen LogP contribution in [-0.2, 0) is 0 Å². The summed E-state index contributed by atoms with van der Waals surface area (Å²) in [5.74, 6) is 0.773. The number of hydrogen-bond donors (Lipinski definition) is 2. The van der Waals surface area contributed by atoms with E-state index >= 15 is 0 Å². The zero-order chi connectivity index (χ0) is 13.8. The molecule has 0 saturated carbocycles. The standard InChI is InChI=1S/C16H20N2OS/c19-16(18-9-7-12-4-3-8-17-10-12)14-11-20-15-6-2-1-5-13(14)15/h1-2,5-6,11-12,17H,3-4,7-10H2,(H,18,19). The number of hydrogen-bond acceptors (Lipinski definition) is 3. The molecule has 1 aliphatic heterocycles. The Morgan fingerprint density at radius 1 is 1.40 bits per heavy atom. The van der Waals surface area contributed by atoms with Crippen LogP contribution in [0.4, 0.5) is 0 Å². The van der Waals surface area contributed by atoms with Gasteiger partial charge >= 0.3 is 0 Å². The van der Waals surface area contributed by atoms with E-state index < -0.39 is 0 Å². The molecule has 106 valence electrons. The average molecular weight is 288 g/mol. The summed E-state index contributed by atoms with van der Waals surface area (Å²) in [7, 11) is 0. The fraction of sp³-hybridized carbons (Fsp3) is 0.438. The van der Waals surface area contributed by atoms with Gasteiger partial charge in [0.25, 0.3) is 5.91 Å². The summed E-state index contributed by atoms with van der Waals surface area (Å²) in [6.07, 6.45) is 3.61. The van der Waals surface area contributed by atoms with Gasteiger partial charge in [0, 0.05) is 22.0 Å². The van der Waals surface area contributed by atoms with Crippen LogP contribution in [0.25, 0.3) is 10.1 Å². The quantitative estimate of drug-likeness (QED) is 0.908. The lowest BCUT2D eigenvalue weighted by Gasteiger charge is -2.22. The Labute approximate surface area is 123 Å². The predicted octanol–water partition coefficient (Wildman–Crippen LogP) is 3.02. The number of carbonyl (C=O) groups is 1. The van der Waals surface area contributed by atoms with Crippen LogP contribution in [0.3, 0.4) is 0 Å². The van der Waals surface area contributed by atoms with Crippen LogP contribution in [0.2, 0.25) is 0 Å². The first-order valence-electron chi connectivity index (χ1n) is 7.30. The molecule has 3 nitrogen and oxygen atoms in total. The Hall–Kier alpha value is -1.39. The topological polar surface area (TPSA) is 41.1 Å². The van der Waals surface area contributed by atoms with E-state index in [0.717, 1.165) is 37.0 Å². The summed E-state index contributed by atoms with van der Waals surface area (Å²) < 4.78 is 1.18. The first kappa shape index (κ1) is 13.6. The molecule has 1 unspecified atom stereocenters. The third-order valence-electron chi connectivity index (χ3n) is 3.96. The van der Waals surface area contributed by atoms with Gasteiger partial charge < -0.3 is 10.6 Å². The highest BCUT2D eigenvalue weighted by Crippen LogP contribution is 2.25. The lowest BCUT2D eigenvalue weighted by atomic mass is 9.96. The largest absolute Gasteiger partial charge is 0.352 e. The van der Waals surface area contributed by atoms with Crippen molar-refractivity contribution in [3.8, 4) is 0 Å². The molecular weight excluding hydrogens is 268 g/mol. The van der Waals surface area contributed by atoms with E-state index in [4.69, 9.17) is 0 Å². The smallest absolute Gasteiger partial charge is 0.252 e. The SMILES string of the molecule is O=C(NCCC1CCCNC1)c1csc2ccccc12.